The minimum atomic E-state index is -0.796. The number of nitrogens with one attached hydrogen (secondary N) is 1. The summed E-state index contributed by atoms with van der Waals surface area (Å²) < 4.78 is 31.1. The smallest absolute Gasteiger partial charge is 0.178 e. The summed E-state index contributed by atoms with van der Waals surface area (Å²) in [7, 11) is 0. The maximum atomic E-state index is 13.3. The first-order valence-corrected chi connectivity index (χ1v) is 4.63. The fourth-order valence-corrected chi connectivity index (χ4v) is 1.19. The molecule has 0 aliphatic rings. The molecule has 0 fully saturated rings. The molecule has 0 aliphatic carbocycles. The lowest BCUT2D eigenvalue weighted by atomic mass is 10.2. The van der Waals surface area contributed by atoms with Gasteiger partial charge >= 0.3 is 0 Å². The van der Waals surface area contributed by atoms with E-state index in [0.29, 0.717) is 0 Å². The third kappa shape index (κ3) is 3.02. The van der Waals surface area contributed by atoms with Gasteiger partial charge in [-0.2, -0.15) is 0 Å². The van der Waals surface area contributed by atoms with Crippen molar-refractivity contribution in [1.29, 1.82) is 0 Å². The highest BCUT2D eigenvalue weighted by atomic mass is 32.1. The Morgan fingerprint density at radius 3 is 2.73 bits per heavy atom. The Labute approximate surface area is 91.2 Å². The molecule has 82 valence electrons. The second-order valence-corrected chi connectivity index (χ2v) is 3.13. The van der Waals surface area contributed by atoms with Crippen molar-refractivity contribution < 1.29 is 13.5 Å². The summed E-state index contributed by atoms with van der Waals surface area (Å²) in [4.78, 5) is 0. The van der Waals surface area contributed by atoms with Crippen molar-refractivity contribution in [2.24, 2.45) is 5.73 Å². The van der Waals surface area contributed by atoms with Gasteiger partial charge in [0.1, 0.15) is 5.82 Å². The van der Waals surface area contributed by atoms with Crippen LogP contribution >= 0.6 is 12.2 Å². The summed E-state index contributed by atoms with van der Waals surface area (Å²) in [5.74, 6) is -1.61. The zero-order valence-electron chi connectivity index (χ0n) is 8.01. The molecule has 1 aromatic rings. The predicted molar refractivity (Wildman–Crippen MR) is 57.9 cm³/mol. The van der Waals surface area contributed by atoms with Crippen molar-refractivity contribution in [3.05, 3.63) is 23.8 Å². The van der Waals surface area contributed by atoms with Gasteiger partial charge < -0.3 is 15.8 Å². The van der Waals surface area contributed by atoms with Crippen molar-refractivity contribution in [1.82, 2.24) is 0 Å². The maximum absolute atomic E-state index is 13.3. The van der Waals surface area contributed by atoms with E-state index < -0.39 is 11.6 Å². The Morgan fingerprint density at radius 2 is 2.20 bits per heavy atom. The van der Waals surface area contributed by atoms with Crippen LogP contribution in [0.1, 0.15) is 6.92 Å². The van der Waals surface area contributed by atoms with E-state index in [4.69, 9.17) is 10.5 Å². The SMILES string of the molecule is CCOc1c(F)cc(F)cc1NC(N)=S. The lowest BCUT2D eigenvalue weighted by Gasteiger charge is -2.12. The third-order valence-electron chi connectivity index (χ3n) is 1.55. The molecule has 15 heavy (non-hydrogen) atoms. The van der Waals surface area contributed by atoms with Crippen molar-refractivity contribution in [3.63, 3.8) is 0 Å². The zero-order valence-corrected chi connectivity index (χ0v) is 8.83. The molecule has 0 atom stereocenters. The fraction of sp³-hybridized carbons (Fsp3) is 0.222. The number of thiocarbonyl (C=S) groups is 1. The average molecular weight is 232 g/mol. The van der Waals surface area contributed by atoms with E-state index in [-0.39, 0.29) is 23.2 Å². The van der Waals surface area contributed by atoms with Crippen molar-refractivity contribution in [3.8, 4) is 5.75 Å². The van der Waals surface area contributed by atoms with Crippen LogP contribution in [-0.2, 0) is 0 Å². The van der Waals surface area contributed by atoms with Crippen molar-refractivity contribution >= 4 is 23.0 Å². The second kappa shape index (κ2) is 4.88. The van der Waals surface area contributed by atoms with E-state index in [2.05, 4.69) is 17.5 Å². The quantitative estimate of drug-likeness (QED) is 0.783. The Bertz CT molecular complexity index is 385. The standard InChI is InChI=1S/C9H10F2N2OS/c1-2-14-8-6(11)3-5(10)4-7(8)13-9(12)15/h3-4H,2H2,1H3,(H3,12,13,15). The van der Waals surface area contributed by atoms with Crippen molar-refractivity contribution in [2.45, 2.75) is 6.92 Å². The lowest BCUT2D eigenvalue weighted by molar-refractivity contribution is 0.322. The molecule has 0 aromatic heterocycles. The van der Waals surface area contributed by atoms with Gasteiger partial charge in [-0.15, -0.1) is 0 Å². The molecule has 0 heterocycles. The summed E-state index contributed by atoms with van der Waals surface area (Å²) in [6.45, 7) is 1.95. The van der Waals surface area contributed by atoms with E-state index in [1.807, 2.05) is 0 Å². The minimum absolute atomic E-state index is 0.0825. The van der Waals surface area contributed by atoms with Gasteiger partial charge in [0, 0.05) is 12.1 Å². The molecule has 0 bridgehead atoms. The van der Waals surface area contributed by atoms with Crippen LogP contribution in [0.5, 0.6) is 5.75 Å². The zero-order chi connectivity index (χ0) is 11.4. The molecule has 1 rings (SSSR count). The summed E-state index contributed by atoms with van der Waals surface area (Å²) in [6.07, 6.45) is 0. The molecule has 6 heteroatoms. The molecule has 1 aromatic carbocycles. The van der Waals surface area contributed by atoms with Crippen molar-refractivity contribution in [2.75, 3.05) is 11.9 Å². The summed E-state index contributed by atoms with van der Waals surface area (Å²) in [6, 6.07) is 1.79. The predicted octanol–water partition coefficient (Wildman–Crippen LogP) is 2.02. The van der Waals surface area contributed by atoms with Crippen LogP contribution in [0.2, 0.25) is 0 Å². The number of hydrogen-bond acceptors (Lipinski definition) is 2. The highest BCUT2D eigenvalue weighted by molar-refractivity contribution is 7.80. The van der Waals surface area contributed by atoms with Crippen LogP contribution in [0.25, 0.3) is 0 Å². The highest BCUT2D eigenvalue weighted by Crippen LogP contribution is 2.29. The second-order valence-electron chi connectivity index (χ2n) is 2.69. The van der Waals surface area contributed by atoms with Gasteiger partial charge in [-0.25, -0.2) is 8.78 Å². The number of nitrogens with two attached hydrogens (primary N) is 1. The molecular formula is C9H10F2N2OS. The fourth-order valence-electron chi connectivity index (χ4n) is 1.08. The molecule has 3 N–H and O–H groups in total. The number of anilines is 1. The maximum Gasteiger partial charge on any atom is 0.178 e. The first-order valence-electron chi connectivity index (χ1n) is 4.23. The summed E-state index contributed by atoms with van der Waals surface area (Å²) in [5.41, 5.74) is 5.29. The van der Waals surface area contributed by atoms with E-state index in [1.54, 1.807) is 6.92 Å². The largest absolute Gasteiger partial charge is 0.489 e. The monoisotopic (exact) mass is 232 g/mol. The van der Waals surface area contributed by atoms with Crippen LogP contribution < -0.4 is 15.8 Å². The van der Waals surface area contributed by atoms with E-state index in [0.717, 1.165) is 12.1 Å². The van der Waals surface area contributed by atoms with Gasteiger partial charge in [0.05, 0.1) is 12.3 Å². The number of hydrogen-bond donors (Lipinski definition) is 2. The molecule has 0 radical (unpaired) electrons. The summed E-state index contributed by atoms with van der Waals surface area (Å²) >= 11 is 4.57. The topological polar surface area (TPSA) is 47.3 Å². The minimum Gasteiger partial charge on any atom is -0.489 e. The van der Waals surface area contributed by atoms with E-state index in [1.165, 1.54) is 0 Å². The van der Waals surface area contributed by atoms with Gasteiger partial charge in [0.25, 0.3) is 0 Å². The molecule has 0 saturated carbocycles. The van der Waals surface area contributed by atoms with Crippen LogP contribution in [-0.4, -0.2) is 11.7 Å². The number of benzene rings is 1. The normalized spacial score (nSPS) is 9.80. The van der Waals surface area contributed by atoms with Gasteiger partial charge in [-0.05, 0) is 19.1 Å². The Morgan fingerprint density at radius 1 is 1.53 bits per heavy atom. The Balaban J connectivity index is 3.13. The molecule has 0 spiro atoms. The van der Waals surface area contributed by atoms with Crippen LogP contribution in [0.4, 0.5) is 14.5 Å². The average Bonchev–Trinajstić information content (AvgIpc) is 2.10. The van der Waals surface area contributed by atoms with Gasteiger partial charge in [-0.1, -0.05) is 0 Å². The highest BCUT2D eigenvalue weighted by Gasteiger charge is 2.12. The number of halogens is 2. The molecule has 3 nitrogen and oxygen atoms in total. The van der Waals surface area contributed by atoms with Crippen LogP contribution in [0, 0.1) is 11.6 Å². The van der Waals surface area contributed by atoms with E-state index >= 15 is 0 Å². The number of ether oxygens (including phenoxy) is 1. The number of rotatable bonds is 3. The first kappa shape index (κ1) is 11.6. The molecular weight excluding hydrogens is 222 g/mol. The van der Waals surface area contributed by atoms with Crippen LogP contribution in [0.15, 0.2) is 12.1 Å². The van der Waals surface area contributed by atoms with Gasteiger partial charge in [-0.3, -0.25) is 0 Å². The molecule has 0 saturated heterocycles. The molecule has 0 aliphatic heterocycles. The first-order chi connectivity index (χ1) is 7.04. The Kier molecular flexibility index (Phi) is 3.79. The van der Waals surface area contributed by atoms with E-state index in [9.17, 15) is 8.78 Å². The Hall–Kier alpha value is -1.43. The summed E-state index contributed by atoms with van der Waals surface area (Å²) in [5, 5.41) is 2.36. The molecule has 0 unspecified atom stereocenters. The van der Waals surface area contributed by atoms with Gasteiger partial charge in [0.15, 0.2) is 16.7 Å². The lowest BCUT2D eigenvalue weighted by Crippen LogP contribution is -2.20. The van der Waals surface area contributed by atoms with Gasteiger partial charge in [0.2, 0.25) is 0 Å². The molecule has 0 amide bonds. The third-order valence-corrected chi connectivity index (χ3v) is 1.66. The van der Waals surface area contributed by atoms with Crippen LogP contribution in [0.3, 0.4) is 0 Å².